The second-order valence-electron chi connectivity index (χ2n) is 13.6. The van der Waals surface area contributed by atoms with Gasteiger partial charge in [-0.2, -0.15) is 0 Å². The Labute approximate surface area is 268 Å². The molecule has 0 radical (unpaired) electrons. The van der Waals surface area contributed by atoms with E-state index in [0.717, 1.165) is 37.0 Å². The van der Waals surface area contributed by atoms with Crippen molar-refractivity contribution in [3.63, 3.8) is 0 Å². The molecule has 3 aliphatic carbocycles. The van der Waals surface area contributed by atoms with Gasteiger partial charge in [-0.3, -0.25) is 24.1 Å². The lowest BCUT2D eigenvalue weighted by Gasteiger charge is -2.44. The molecule has 1 aliphatic heterocycles. The maximum Gasteiger partial charge on any atom is 0.253 e. The molecule has 45 heavy (non-hydrogen) atoms. The van der Waals surface area contributed by atoms with Gasteiger partial charge in [-0.15, -0.1) is 0 Å². The molecule has 9 nitrogen and oxygen atoms in total. The monoisotopic (exact) mass is 623 g/mol. The maximum absolute atomic E-state index is 12.4. The van der Waals surface area contributed by atoms with Crippen molar-refractivity contribution < 1.29 is 29.0 Å². The van der Waals surface area contributed by atoms with Gasteiger partial charge < -0.3 is 20.5 Å². The molecule has 9 heteroatoms. The summed E-state index contributed by atoms with van der Waals surface area (Å²) in [5.41, 5.74) is 4.28. The molecule has 0 aromatic carbocycles. The maximum atomic E-state index is 12.4. The summed E-state index contributed by atoms with van der Waals surface area (Å²) in [6.45, 7) is 10.6. The normalized spacial score (nSPS) is 29.0. The van der Waals surface area contributed by atoms with E-state index < -0.39 is 11.8 Å². The van der Waals surface area contributed by atoms with E-state index in [1.165, 1.54) is 55.4 Å². The van der Waals surface area contributed by atoms with Crippen LogP contribution in [0.5, 0.6) is 0 Å². The Morgan fingerprint density at radius 3 is 2.47 bits per heavy atom. The van der Waals surface area contributed by atoms with E-state index in [-0.39, 0.29) is 30.9 Å². The fourth-order valence-corrected chi connectivity index (χ4v) is 8.06. The number of allylic oxidation sites excluding steroid dienone is 4. The van der Waals surface area contributed by atoms with Gasteiger partial charge in [0, 0.05) is 44.6 Å². The van der Waals surface area contributed by atoms with Crippen LogP contribution in [0.3, 0.4) is 0 Å². The van der Waals surface area contributed by atoms with Crippen LogP contribution in [0, 0.1) is 23.2 Å². The van der Waals surface area contributed by atoms with Crippen molar-refractivity contribution in [2.75, 3.05) is 32.8 Å². The van der Waals surface area contributed by atoms with Crippen LogP contribution >= 0.6 is 0 Å². The van der Waals surface area contributed by atoms with Crippen LogP contribution in [0.15, 0.2) is 47.6 Å². The summed E-state index contributed by atoms with van der Waals surface area (Å²) < 4.78 is 5.51. The van der Waals surface area contributed by atoms with Gasteiger partial charge in [-0.25, -0.2) is 0 Å². The Hall–Kier alpha value is -3.04. The van der Waals surface area contributed by atoms with Crippen molar-refractivity contribution >= 4 is 23.6 Å². The quantitative estimate of drug-likeness (QED) is 0.182. The Morgan fingerprint density at radius 2 is 1.76 bits per heavy atom. The summed E-state index contributed by atoms with van der Waals surface area (Å²) in [5, 5.41) is 15.7. The van der Waals surface area contributed by atoms with E-state index >= 15 is 0 Å². The lowest BCUT2D eigenvalue weighted by Crippen LogP contribution is -2.36. The van der Waals surface area contributed by atoms with E-state index in [4.69, 9.17) is 4.74 Å². The van der Waals surface area contributed by atoms with Crippen LogP contribution < -0.4 is 10.6 Å². The van der Waals surface area contributed by atoms with Crippen molar-refractivity contribution in [3.8, 4) is 0 Å². The first kappa shape index (κ1) is 34.8. The number of amides is 4. The molecule has 0 bridgehead atoms. The number of imide groups is 1. The van der Waals surface area contributed by atoms with Crippen LogP contribution in [0.25, 0.3) is 0 Å². The minimum absolute atomic E-state index is 0.0421. The highest BCUT2D eigenvalue weighted by Crippen LogP contribution is 2.59. The number of hydrogen-bond acceptors (Lipinski definition) is 6. The molecule has 0 spiro atoms. The molecule has 1 heterocycles. The molecule has 0 aromatic heterocycles. The van der Waals surface area contributed by atoms with Crippen molar-refractivity contribution in [1.82, 2.24) is 15.5 Å². The molecule has 0 aromatic rings. The van der Waals surface area contributed by atoms with E-state index in [1.54, 1.807) is 5.57 Å². The number of aliphatic hydroxyl groups excluding tert-OH is 1. The Balaban J connectivity index is 1.08. The van der Waals surface area contributed by atoms with Crippen LogP contribution in [-0.2, 0) is 23.9 Å². The molecule has 3 saturated carbocycles. The third-order valence-electron chi connectivity index (χ3n) is 10.6. The molecule has 4 rings (SSSR count). The SMILES string of the molecule is C=C1CC[C@H](O)C/C1=C/C=C1\CCC[C@]2(C)[C@@H]([C@H](C)CCCC(=O)NCCOCCNC(=O)CCN3C(=O)C=CC3=O)CC[C@@H]12. The number of aliphatic hydroxyl groups is 1. The highest BCUT2D eigenvalue weighted by molar-refractivity contribution is 6.13. The lowest BCUT2D eigenvalue weighted by molar-refractivity contribution is -0.137. The Morgan fingerprint density at radius 1 is 1.07 bits per heavy atom. The molecule has 5 atom stereocenters. The summed E-state index contributed by atoms with van der Waals surface area (Å²) in [6, 6.07) is 0. The molecular formula is C36H53N3O6. The largest absolute Gasteiger partial charge is 0.393 e. The second kappa shape index (κ2) is 16.5. The van der Waals surface area contributed by atoms with Crippen LogP contribution in [0.2, 0.25) is 0 Å². The van der Waals surface area contributed by atoms with Gasteiger partial charge >= 0.3 is 0 Å². The summed E-state index contributed by atoms with van der Waals surface area (Å²) in [5.74, 6) is 0.869. The first-order valence-corrected chi connectivity index (χ1v) is 17.0. The minimum atomic E-state index is -0.394. The molecule has 4 aliphatic rings. The summed E-state index contributed by atoms with van der Waals surface area (Å²) in [6.07, 6.45) is 17.9. The number of nitrogens with zero attached hydrogens (tertiary/aromatic N) is 1. The van der Waals surface area contributed by atoms with Gasteiger partial charge in [-0.05, 0) is 93.0 Å². The lowest BCUT2D eigenvalue weighted by atomic mass is 9.60. The third-order valence-corrected chi connectivity index (χ3v) is 10.6. The van der Waals surface area contributed by atoms with Gasteiger partial charge in [0.25, 0.3) is 11.8 Å². The highest BCUT2D eigenvalue weighted by atomic mass is 16.5. The topological polar surface area (TPSA) is 125 Å². The summed E-state index contributed by atoms with van der Waals surface area (Å²) >= 11 is 0. The number of fused-ring (bicyclic) bond motifs is 1. The van der Waals surface area contributed by atoms with Crippen molar-refractivity contribution in [1.29, 1.82) is 0 Å². The minimum Gasteiger partial charge on any atom is -0.393 e. The van der Waals surface area contributed by atoms with Gasteiger partial charge in [0.1, 0.15) is 0 Å². The van der Waals surface area contributed by atoms with Crippen molar-refractivity contribution in [2.24, 2.45) is 23.2 Å². The van der Waals surface area contributed by atoms with Gasteiger partial charge in [-0.1, -0.05) is 43.7 Å². The van der Waals surface area contributed by atoms with Crippen molar-refractivity contribution in [2.45, 2.75) is 97.0 Å². The number of nitrogens with one attached hydrogen (secondary N) is 2. The summed E-state index contributed by atoms with van der Waals surface area (Å²) in [7, 11) is 0. The molecule has 3 N–H and O–H groups in total. The van der Waals surface area contributed by atoms with Gasteiger partial charge in [0.15, 0.2) is 0 Å². The molecule has 248 valence electrons. The zero-order valence-electron chi connectivity index (χ0n) is 27.3. The number of hydrogen-bond donors (Lipinski definition) is 3. The number of rotatable bonds is 15. The van der Waals surface area contributed by atoms with Crippen molar-refractivity contribution in [3.05, 3.63) is 47.6 Å². The zero-order valence-corrected chi connectivity index (χ0v) is 27.3. The fraction of sp³-hybridized carbons (Fsp3) is 0.667. The number of carbonyl (C=O) groups excluding carboxylic acids is 4. The molecule has 3 fully saturated rings. The standard InChI is InChI=1S/C36H53N3O6/c1-25-9-12-29(40)24-28(25)11-10-27-7-5-18-36(3)30(13-14-31(27)36)26(2)6-4-8-32(41)37-19-22-45-23-20-38-33(42)17-21-39-34(43)15-16-35(39)44/h10-11,15-16,26,29-31,40H,1,4-9,12-14,17-24H2,2-3H3,(H,37,41)(H,38,42)/b27-10+,28-11-/t26-,29+,30-,31+,36-/m1/s1. The predicted octanol–water partition coefficient (Wildman–Crippen LogP) is 4.53. The summed E-state index contributed by atoms with van der Waals surface area (Å²) in [4.78, 5) is 48.4. The Bertz CT molecular complexity index is 1190. The Kier molecular flexibility index (Phi) is 12.8. The fourth-order valence-electron chi connectivity index (χ4n) is 8.06. The van der Waals surface area contributed by atoms with Gasteiger partial charge in [0.05, 0.1) is 19.3 Å². The number of carbonyl (C=O) groups is 4. The van der Waals surface area contributed by atoms with Crippen LogP contribution in [-0.4, -0.2) is 72.6 Å². The zero-order chi connectivity index (χ0) is 32.4. The first-order valence-electron chi connectivity index (χ1n) is 17.0. The van der Waals surface area contributed by atoms with E-state index in [0.29, 0.717) is 55.9 Å². The molecule has 0 unspecified atom stereocenters. The van der Waals surface area contributed by atoms with Crippen LogP contribution in [0.4, 0.5) is 0 Å². The van der Waals surface area contributed by atoms with E-state index in [9.17, 15) is 24.3 Å². The van der Waals surface area contributed by atoms with Gasteiger partial charge in [0.2, 0.25) is 11.8 Å². The first-order chi connectivity index (χ1) is 21.6. The van der Waals surface area contributed by atoms with E-state index in [1.807, 2.05) is 0 Å². The number of ether oxygens (including phenoxy) is 1. The molecular weight excluding hydrogens is 570 g/mol. The third kappa shape index (κ3) is 9.49. The smallest absolute Gasteiger partial charge is 0.253 e. The molecule has 0 saturated heterocycles. The average molecular weight is 624 g/mol. The van der Waals surface area contributed by atoms with E-state index in [2.05, 4.69) is 43.2 Å². The average Bonchev–Trinajstić information content (AvgIpc) is 3.53. The molecule has 4 amide bonds. The second-order valence-corrected chi connectivity index (χ2v) is 13.6. The van der Waals surface area contributed by atoms with Crippen LogP contribution in [0.1, 0.15) is 90.9 Å². The predicted molar refractivity (Wildman–Crippen MR) is 174 cm³/mol. The highest BCUT2D eigenvalue weighted by Gasteiger charge is 2.50.